The van der Waals surface area contributed by atoms with Gasteiger partial charge in [-0.25, -0.2) is 4.79 Å². The fourth-order valence-electron chi connectivity index (χ4n) is 1.26. The van der Waals surface area contributed by atoms with E-state index in [0.29, 0.717) is 12.8 Å². The molecule has 0 aromatic carbocycles. The van der Waals surface area contributed by atoms with Gasteiger partial charge in [0.15, 0.2) is 0 Å². The molecular formula is C6H11NO4. The molecule has 0 aromatic rings. The molecule has 4 N–H and O–H groups in total. The predicted molar refractivity (Wildman–Crippen MR) is 36.2 cm³/mol. The van der Waals surface area contributed by atoms with Crippen LogP contribution in [0.3, 0.4) is 0 Å². The zero-order valence-electron chi connectivity index (χ0n) is 5.95. The zero-order valence-corrected chi connectivity index (χ0v) is 5.95. The summed E-state index contributed by atoms with van der Waals surface area (Å²) in [5.41, 5.74) is -1.05. The summed E-state index contributed by atoms with van der Waals surface area (Å²) < 4.78 is 0. The number of nitrogens with one attached hydrogen (secondary N) is 1. The molecule has 5 heteroatoms. The lowest BCUT2D eigenvalue weighted by Gasteiger charge is -2.41. The fourth-order valence-corrected chi connectivity index (χ4v) is 1.26. The Kier molecular flexibility index (Phi) is 2.01. The van der Waals surface area contributed by atoms with E-state index in [1.807, 2.05) is 0 Å². The average molecular weight is 161 g/mol. The van der Waals surface area contributed by atoms with Crippen LogP contribution in [0.15, 0.2) is 0 Å². The third kappa shape index (κ3) is 1.81. The third-order valence-corrected chi connectivity index (χ3v) is 1.87. The minimum absolute atomic E-state index is 0.204. The van der Waals surface area contributed by atoms with Crippen molar-refractivity contribution in [1.82, 2.24) is 5.32 Å². The van der Waals surface area contributed by atoms with Gasteiger partial charge in [0.25, 0.3) is 0 Å². The second kappa shape index (κ2) is 2.67. The highest BCUT2D eigenvalue weighted by molar-refractivity contribution is 5.65. The summed E-state index contributed by atoms with van der Waals surface area (Å²) in [5.74, 6) is 0. The van der Waals surface area contributed by atoms with Crippen molar-refractivity contribution in [2.45, 2.75) is 24.5 Å². The summed E-state index contributed by atoms with van der Waals surface area (Å²) in [7, 11) is 0. The molecule has 0 aliphatic heterocycles. The van der Waals surface area contributed by atoms with Gasteiger partial charge in [0.1, 0.15) is 0 Å². The molecule has 1 fully saturated rings. The van der Waals surface area contributed by atoms with Gasteiger partial charge in [-0.2, -0.15) is 0 Å². The molecule has 1 saturated carbocycles. The summed E-state index contributed by atoms with van der Waals surface area (Å²) in [5, 5.41) is 28.2. The average Bonchev–Trinajstić information content (AvgIpc) is 1.83. The van der Waals surface area contributed by atoms with Crippen molar-refractivity contribution in [3.05, 3.63) is 0 Å². The SMILES string of the molecule is O=C(O)N[C@H]1C[C@](O)(CO)C1. The summed E-state index contributed by atoms with van der Waals surface area (Å²) in [6.07, 6.45) is -0.485. The maximum absolute atomic E-state index is 10.0. The Labute approximate surface area is 63.7 Å². The van der Waals surface area contributed by atoms with Gasteiger partial charge in [0.2, 0.25) is 0 Å². The first-order valence-electron chi connectivity index (χ1n) is 3.38. The fraction of sp³-hybridized carbons (Fsp3) is 0.833. The quantitative estimate of drug-likeness (QED) is 0.424. The number of hydrogen-bond donors (Lipinski definition) is 4. The first-order valence-corrected chi connectivity index (χ1v) is 3.38. The van der Waals surface area contributed by atoms with Gasteiger partial charge < -0.3 is 20.6 Å². The van der Waals surface area contributed by atoms with Crippen LogP contribution in [0.5, 0.6) is 0 Å². The van der Waals surface area contributed by atoms with Crippen molar-refractivity contribution < 1.29 is 20.1 Å². The number of aliphatic hydroxyl groups is 2. The van der Waals surface area contributed by atoms with Gasteiger partial charge in [0.05, 0.1) is 12.2 Å². The van der Waals surface area contributed by atoms with Crippen LogP contribution in [0, 0.1) is 0 Å². The topological polar surface area (TPSA) is 89.8 Å². The van der Waals surface area contributed by atoms with E-state index in [2.05, 4.69) is 5.32 Å². The van der Waals surface area contributed by atoms with Crippen molar-refractivity contribution in [3.8, 4) is 0 Å². The molecule has 1 aliphatic carbocycles. The molecule has 0 spiro atoms. The van der Waals surface area contributed by atoms with Gasteiger partial charge in [-0.1, -0.05) is 0 Å². The van der Waals surface area contributed by atoms with Gasteiger partial charge >= 0.3 is 6.09 Å². The van der Waals surface area contributed by atoms with E-state index in [4.69, 9.17) is 10.2 Å². The van der Waals surface area contributed by atoms with E-state index >= 15 is 0 Å². The molecule has 1 aliphatic rings. The van der Waals surface area contributed by atoms with Crippen LogP contribution in [-0.2, 0) is 0 Å². The van der Waals surface area contributed by atoms with Crippen LogP contribution in [0.4, 0.5) is 4.79 Å². The minimum atomic E-state index is -1.09. The summed E-state index contributed by atoms with van der Waals surface area (Å²) >= 11 is 0. The molecule has 1 rings (SSSR count). The van der Waals surface area contributed by atoms with Crippen molar-refractivity contribution in [3.63, 3.8) is 0 Å². The lowest BCUT2D eigenvalue weighted by Crippen LogP contribution is -2.56. The van der Waals surface area contributed by atoms with E-state index in [1.165, 1.54) is 0 Å². The number of aliphatic hydroxyl groups excluding tert-OH is 1. The van der Waals surface area contributed by atoms with Crippen LogP contribution in [-0.4, -0.2) is 39.7 Å². The van der Waals surface area contributed by atoms with Gasteiger partial charge in [0, 0.05) is 6.04 Å². The van der Waals surface area contributed by atoms with E-state index in [0.717, 1.165) is 0 Å². The molecule has 0 unspecified atom stereocenters. The number of hydrogen-bond acceptors (Lipinski definition) is 3. The second-order valence-corrected chi connectivity index (χ2v) is 2.94. The Morgan fingerprint density at radius 1 is 1.64 bits per heavy atom. The van der Waals surface area contributed by atoms with Crippen LogP contribution >= 0.6 is 0 Å². The molecule has 11 heavy (non-hydrogen) atoms. The lowest BCUT2D eigenvalue weighted by molar-refractivity contribution is -0.0900. The van der Waals surface area contributed by atoms with Crippen molar-refractivity contribution in [2.24, 2.45) is 0 Å². The number of carbonyl (C=O) groups is 1. The van der Waals surface area contributed by atoms with E-state index in [9.17, 15) is 9.90 Å². The number of amides is 1. The predicted octanol–water partition coefficient (Wildman–Crippen LogP) is -0.860. The number of rotatable bonds is 2. The maximum atomic E-state index is 10.0. The highest BCUT2D eigenvalue weighted by Crippen LogP contribution is 2.31. The normalized spacial score (nSPS) is 36.0. The molecule has 0 saturated heterocycles. The van der Waals surface area contributed by atoms with Crippen LogP contribution in [0.25, 0.3) is 0 Å². The molecule has 0 bridgehead atoms. The summed E-state index contributed by atoms with van der Waals surface area (Å²) in [4.78, 5) is 10.0. The van der Waals surface area contributed by atoms with Gasteiger partial charge in [-0.15, -0.1) is 0 Å². The molecule has 5 nitrogen and oxygen atoms in total. The number of carboxylic acid groups (broad SMARTS) is 1. The Morgan fingerprint density at radius 2 is 2.18 bits per heavy atom. The molecular weight excluding hydrogens is 150 g/mol. The Hall–Kier alpha value is -0.810. The molecule has 64 valence electrons. The highest BCUT2D eigenvalue weighted by atomic mass is 16.4. The molecule has 0 aromatic heterocycles. The Balaban J connectivity index is 2.23. The largest absolute Gasteiger partial charge is 0.465 e. The van der Waals surface area contributed by atoms with Crippen molar-refractivity contribution >= 4 is 6.09 Å². The van der Waals surface area contributed by atoms with Crippen molar-refractivity contribution in [1.29, 1.82) is 0 Å². The lowest BCUT2D eigenvalue weighted by atomic mass is 9.76. The standard InChI is InChI=1S/C6H11NO4/c8-3-6(11)1-4(2-6)7-5(9)10/h4,7-8,11H,1-3H2,(H,9,10)/t4-,6+. The molecule has 1 amide bonds. The van der Waals surface area contributed by atoms with E-state index in [1.54, 1.807) is 0 Å². The van der Waals surface area contributed by atoms with E-state index < -0.39 is 11.7 Å². The zero-order chi connectivity index (χ0) is 8.48. The smallest absolute Gasteiger partial charge is 0.404 e. The third-order valence-electron chi connectivity index (χ3n) is 1.87. The second-order valence-electron chi connectivity index (χ2n) is 2.94. The van der Waals surface area contributed by atoms with Gasteiger partial charge in [-0.05, 0) is 12.8 Å². The van der Waals surface area contributed by atoms with Crippen LogP contribution in [0.1, 0.15) is 12.8 Å². The summed E-state index contributed by atoms with van der Waals surface area (Å²) in [6, 6.07) is -0.204. The van der Waals surface area contributed by atoms with Crippen LogP contribution in [0.2, 0.25) is 0 Å². The maximum Gasteiger partial charge on any atom is 0.404 e. The molecule has 0 radical (unpaired) electrons. The Morgan fingerprint density at radius 3 is 2.55 bits per heavy atom. The summed E-state index contributed by atoms with van der Waals surface area (Å²) in [6.45, 7) is -0.301. The molecule has 0 atom stereocenters. The van der Waals surface area contributed by atoms with Gasteiger partial charge in [-0.3, -0.25) is 0 Å². The van der Waals surface area contributed by atoms with E-state index in [-0.39, 0.29) is 12.6 Å². The minimum Gasteiger partial charge on any atom is -0.465 e. The van der Waals surface area contributed by atoms with Crippen LogP contribution < -0.4 is 5.32 Å². The first-order chi connectivity index (χ1) is 5.06. The molecule has 0 heterocycles. The van der Waals surface area contributed by atoms with Crippen molar-refractivity contribution in [2.75, 3.05) is 6.61 Å². The first kappa shape index (κ1) is 8.29. The highest BCUT2D eigenvalue weighted by Gasteiger charge is 2.42. The Bertz CT molecular complexity index is 164. The monoisotopic (exact) mass is 161 g/mol.